The summed E-state index contributed by atoms with van der Waals surface area (Å²) < 4.78 is 0.975. The monoisotopic (exact) mass is 199 g/mol. The normalized spacial score (nSPS) is 13.5. The maximum atomic E-state index is 11.5. The van der Waals surface area contributed by atoms with E-state index in [0.29, 0.717) is 11.2 Å². The van der Waals surface area contributed by atoms with Crippen molar-refractivity contribution in [3.05, 3.63) is 40.4 Å². The number of carbonyl (C=O) groups excluding carboxylic acids is 1. The fourth-order valence-corrected chi connectivity index (χ4v) is 1.65. The molecule has 1 aliphatic heterocycles. The third-order valence-corrected chi connectivity index (χ3v) is 2.32. The molecule has 5 nitrogen and oxygen atoms in total. The summed E-state index contributed by atoms with van der Waals surface area (Å²) in [6, 6.07) is 6.58. The van der Waals surface area contributed by atoms with Crippen molar-refractivity contribution in [3.63, 3.8) is 0 Å². The van der Waals surface area contributed by atoms with Crippen LogP contribution in [0.1, 0.15) is 5.69 Å². The van der Waals surface area contributed by atoms with Crippen molar-refractivity contribution in [2.24, 2.45) is 4.99 Å². The standard InChI is InChI=1S/C10H5N3O2/c14-9-11-5-8-6-3-1-2-4-7(6)12-10(15)13(8)9/h1-5H. The van der Waals surface area contributed by atoms with Crippen LogP contribution in [-0.2, 0) is 0 Å². The Balaban J connectivity index is 2.59. The van der Waals surface area contributed by atoms with Gasteiger partial charge in [-0.1, -0.05) is 18.2 Å². The third kappa shape index (κ3) is 0.969. The highest BCUT2D eigenvalue weighted by Crippen LogP contribution is 2.15. The maximum Gasteiger partial charge on any atom is 0.357 e. The van der Waals surface area contributed by atoms with E-state index >= 15 is 0 Å². The Hall–Kier alpha value is -2.30. The number of benzene rings is 1. The zero-order valence-corrected chi connectivity index (χ0v) is 7.54. The predicted molar refractivity (Wildman–Crippen MR) is 54.4 cm³/mol. The molecule has 0 fully saturated rings. The van der Waals surface area contributed by atoms with Crippen molar-refractivity contribution in [1.82, 2.24) is 9.55 Å². The largest absolute Gasteiger partial charge is 0.357 e. The summed E-state index contributed by atoms with van der Waals surface area (Å²) in [7, 11) is 0. The zero-order chi connectivity index (χ0) is 10.4. The number of nitrogens with zero attached hydrogens (tertiary/aromatic N) is 3. The van der Waals surface area contributed by atoms with Crippen LogP contribution in [0.15, 0.2) is 34.1 Å². The molecule has 2 aromatic rings. The molecule has 0 unspecified atom stereocenters. The van der Waals surface area contributed by atoms with Crippen LogP contribution in [0.4, 0.5) is 4.79 Å². The minimum absolute atomic E-state index is 0.510. The quantitative estimate of drug-likeness (QED) is 0.630. The molecule has 3 rings (SSSR count). The second-order valence-corrected chi connectivity index (χ2v) is 3.17. The van der Waals surface area contributed by atoms with Crippen molar-refractivity contribution in [2.45, 2.75) is 0 Å². The predicted octanol–water partition coefficient (Wildman–Crippen LogP) is 0.797. The van der Waals surface area contributed by atoms with Gasteiger partial charge in [-0.2, -0.15) is 9.98 Å². The molecule has 72 valence electrons. The van der Waals surface area contributed by atoms with Gasteiger partial charge in [-0.25, -0.2) is 14.2 Å². The summed E-state index contributed by atoms with van der Waals surface area (Å²) in [5, 5.41) is 0.756. The van der Waals surface area contributed by atoms with E-state index in [1.165, 1.54) is 6.21 Å². The zero-order valence-electron chi connectivity index (χ0n) is 7.54. The van der Waals surface area contributed by atoms with E-state index in [-0.39, 0.29) is 0 Å². The van der Waals surface area contributed by atoms with Crippen molar-refractivity contribution in [2.75, 3.05) is 0 Å². The molecular weight excluding hydrogens is 194 g/mol. The number of hydrogen-bond donors (Lipinski definition) is 0. The average molecular weight is 199 g/mol. The lowest BCUT2D eigenvalue weighted by Gasteiger charge is -2.02. The average Bonchev–Trinajstić information content (AvgIpc) is 2.62. The lowest BCUT2D eigenvalue weighted by molar-refractivity contribution is 0.251. The van der Waals surface area contributed by atoms with Crippen molar-refractivity contribution in [1.29, 1.82) is 0 Å². The first kappa shape index (κ1) is 8.05. The molecule has 5 heteroatoms. The summed E-state index contributed by atoms with van der Waals surface area (Å²) in [4.78, 5) is 30.1. The van der Waals surface area contributed by atoms with Gasteiger partial charge in [0.15, 0.2) is 0 Å². The van der Waals surface area contributed by atoms with Crippen LogP contribution in [0.5, 0.6) is 0 Å². The van der Waals surface area contributed by atoms with Gasteiger partial charge in [0.2, 0.25) is 0 Å². The summed E-state index contributed by atoms with van der Waals surface area (Å²) in [6.07, 6.45) is 1.40. The third-order valence-electron chi connectivity index (χ3n) is 2.32. The lowest BCUT2D eigenvalue weighted by Crippen LogP contribution is -2.27. The fraction of sp³-hybridized carbons (Fsp3) is 0. The number of carbonyl (C=O) groups is 1. The van der Waals surface area contributed by atoms with E-state index in [2.05, 4.69) is 9.98 Å². The van der Waals surface area contributed by atoms with Gasteiger partial charge in [-0.05, 0) is 6.07 Å². The van der Waals surface area contributed by atoms with E-state index < -0.39 is 11.7 Å². The highest BCUT2D eigenvalue weighted by atomic mass is 16.2. The molecule has 0 bridgehead atoms. The summed E-state index contributed by atoms with van der Waals surface area (Å²) in [5.41, 5.74) is 0.511. The molecule has 15 heavy (non-hydrogen) atoms. The van der Waals surface area contributed by atoms with Crippen LogP contribution >= 0.6 is 0 Å². The van der Waals surface area contributed by atoms with Crippen LogP contribution in [0, 0.1) is 0 Å². The molecule has 0 atom stereocenters. The Morgan fingerprint density at radius 2 is 1.93 bits per heavy atom. The van der Waals surface area contributed by atoms with E-state index in [1.54, 1.807) is 18.2 Å². The van der Waals surface area contributed by atoms with E-state index in [1.807, 2.05) is 6.07 Å². The molecule has 0 N–H and O–H groups in total. The Morgan fingerprint density at radius 3 is 2.80 bits per heavy atom. The van der Waals surface area contributed by atoms with Gasteiger partial charge in [0.05, 0.1) is 17.4 Å². The fourth-order valence-electron chi connectivity index (χ4n) is 1.65. The topological polar surface area (TPSA) is 64.3 Å². The SMILES string of the molecule is O=C1N=Cc2c3ccccc3nc(=O)n21. The Morgan fingerprint density at radius 1 is 1.13 bits per heavy atom. The number of aromatic nitrogens is 2. The highest BCUT2D eigenvalue weighted by Gasteiger charge is 2.19. The van der Waals surface area contributed by atoms with Crippen LogP contribution < -0.4 is 5.69 Å². The van der Waals surface area contributed by atoms with Crippen LogP contribution in [0.25, 0.3) is 10.9 Å². The van der Waals surface area contributed by atoms with Gasteiger partial charge in [0, 0.05) is 5.39 Å². The smallest absolute Gasteiger partial charge is 0.245 e. The maximum absolute atomic E-state index is 11.5. The Labute approximate surface area is 83.7 Å². The lowest BCUT2D eigenvalue weighted by atomic mass is 10.2. The van der Waals surface area contributed by atoms with Gasteiger partial charge in [0.1, 0.15) is 0 Å². The number of para-hydroxylation sites is 1. The van der Waals surface area contributed by atoms with Gasteiger partial charge in [-0.15, -0.1) is 0 Å². The molecule has 0 saturated heterocycles. The highest BCUT2D eigenvalue weighted by molar-refractivity contribution is 6.07. The summed E-state index contributed by atoms with van der Waals surface area (Å²) >= 11 is 0. The second-order valence-electron chi connectivity index (χ2n) is 3.17. The van der Waals surface area contributed by atoms with Crippen molar-refractivity contribution < 1.29 is 4.79 Å². The molecular formula is C10H5N3O2. The first-order valence-electron chi connectivity index (χ1n) is 4.37. The number of amides is 1. The molecule has 2 heterocycles. The molecule has 0 saturated carbocycles. The van der Waals surface area contributed by atoms with Crippen molar-refractivity contribution in [3.8, 4) is 0 Å². The van der Waals surface area contributed by atoms with Gasteiger partial charge < -0.3 is 0 Å². The second kappa shape index (κ2) is 2.60. The summed E-state index contributed by atoms with van der Waals surface area (Å²) in [5.74, 6) is 0. The molecule has 1 aliphatic rings. The number of fused-ring (bicyclic) bond motifs is 3. The van der Waals surface area contributed by atoms with Crippen LogP contribution in [0.2, 0.25) is 0 Å². The Kier molecular flexibility index (Phi) is 1.39. The Bertz CT molecular complexity index is 670. The number of hydrogen-bond acceptors (Lipinski definition) is 3. The molecule has 1 aromatic heterocycles. The number of rotatable bonds is 0. The van der Waals surface area contributed by atoms with Gasteiger partial charge in [-0.3, -0.25) is 0 Å². The van der Waals surface area contributed by atoms with Crippen molar-refractivity contribution >= 4 is 23.1 Å². The first-order chi connectivity index (χ1) is 7.27. The minimum atomic E-state index is -0.578. The minimum Gasteiger partial charge on any atom is -0.245 e. The van der Waals surface area contributed by atoms with Crippen LogP contribution in [-0.4, -0.2) is 21.8 Å². The molecule has 0 aliphatic carbocycles. The van der Waals surface area contributed by atoms with Crippen LogP contribution in [0.3, 0.4) is 0 Å². The van der Waals surface area contributed by atoms with Gasteiger partial charge in [0.25, 0.3) is 0 Å². The van der Waals surface area contributed by atoms with E-state index in [9.17, 15) is 9.59 Å². The number of aliphatic imine (C=N–C) groups is 1. The van der Waals surface area contributed by atoms with E-state index in [0.717, 1.165) is 9.95 Å². The molecule has 0 spiro atoms. The summed E-state index contributed by atoms with van der Waals surface area (Å²) in [6.45, 7) is 0. The molecule has 1 aromatic carbocycles. The molecule has 0 radical (unpaired) electrons. The first-order valence-corrected chi connectivity index (χ1v) is 4.37. The van der Waals surface area contributed by atoms with Gasteiger partial charge >= 0.3 is 11.7 Å². The molecule has 1 amide bonds. The van der Waals surface area contributed by atoms with E-state index in [4.69, 9.17) is 0 Å².